The van der Waals surface area contributed by atoms with Gasteiger partial charge in [0.15, 0.2) is 6.10 Å². The highest BCUT2D eigenvalue weighted by molar-refractivity contribution is 6.00. The zero-order valence-electron chi connectivity index (χ0n) is 16.3. The molecular formula is C19H20N2O8. The van der Waals surface area contributed by atoms with Crippen LogP contribution in [0.25, 0.3) is 0 Å². The normalized spacial score (nSPS) is 11.2. The Hall–Kier alpha value is -3.82. The number of nitro groups is 1. The number of nitro benzene ring substituents is 1. The van der Waals surface area contributed by atoms with E-state index >= 15 is 0 Å². The number of ether oxygens (including phenoxy) is 4. The van der Waals surface area contributed by atoms with E-state index in [0.717, 1.165) is 6.07 Å². The van der Waals surface area contributed by atoms with Gasteiger partial charge in [-0.25, -0.2) is 4.79 Å². The highest BCUT2D eigenvalue weighted by Gasteiger charge is 2.25. The summed E-state index contributed by atoms with van der Waals surface area (Å²) in [7, 11) is 4.13. The Morgan fingerprint density at radius 1 is 1.00 bits per heavy atom. The maximum absolute atomic E-state index is 12.6. The molecule has 0 aromatic heterocycles. The number of carbonyl (C=O) groups excluding carboxylic acids is 2. The van der Waals surface area contributed by atoms with Crippen molar-refractivity contribution < 1.29 is 33.5 Å². The van der Waals surface area contributed by atoms with Crippen LogP contribution in [0.15, 0.2) is 36.4 Å². The average Bonchev–Trinajstić information content (AvgIpc) is 2.72. The van der Waals surface area contributed by atoms with E-state index in [1.54, 1.807) is 18.2 Å². The van der Waals surface area contributed by atoms with Gasteiger partial charge in [0.1, 0.15) is 22.8 Å². The SMILES string of the molecule is COc1ccc([N+](=O)[O-])cc1NC(=O)C(C)OC(=O)c1c(OC)cccc1OC. The summed E-state index contributed by atoms with van der Waals surface area (Å²) in [5, 5.41) is 13.4. The molecule has 0 aliphatic rings. The first-order valence-electron chi connectivity index (χ1n) is 8.37. The summed E-state index contributed by atoms with van der Waals surface area (Å²) in [6.45, 7) is 1.36. The fourth-order valence-electron chi connectivity index (χ4n) is 2.47. The summed E-state index contributed by atoms with van der Waals surface area (Å²) >= 11 is 0. The first-order chi connectivity index (χ1) is 13.8. The van der Waals surface area contributed by atoms with Crippen molar-refractivity contribution in [3.05, 3.63) is 52.1 Å². The number of methoxy groups -OCH3 is 3. The Morgan fingerprint density at radius 2 is 1.59 bits per heavy atom. The molecule has 2 aromatic carbocycles. The quantitative estimate of drug-likeness (QED) is 0.404. The molecule has 1 unspecified atom stereocenters. The fraction of sp³-hybridized carbons (Fsp3) is 0.263. The van der Waals surface area contributed by atoms with Crippen LogP contribution in [-0.2, 0) is 9.53 Å². The maximum atomic E-state index is 12.6. The molecule has 10 nitrogen and oxygen atoms in total. The number of carbonyl (C=O) groups is 2. The first-order valence-corrected chi connectivity index (χ1v) is 8.37. The molecule has 2 rings (SSSR count). The Bertz CT molecular complexity index is 906. The van der Waals surface area contributed by atoms with Crippen molar-refractivity contribution in [3.63, 3.8) is 0 Å². The number of benzene rings is 2. The van der Waals surface area contributed by atoms with Gasteiger partial charge in [0.2, 0.25) is 0 Å². The molecule has 2 aromatic rings. The molecule has 1 amide bonds. The Balaban J connectivity index is 2.19. The molecule has 0 aliphatic heterocycles. The van der Waals surface area contributed by atoms with E-state index in [-0.39, 0.29) is 34.2 Å². The minimum atomic E-state index is -1.22. The third kappa shape index (κ3) is 4.92. The van der Waals surface area contributed by atoms with Crippen molar-refractivity contribution in [2.45, 2.75) is 13.0 Å². The highest BCUT2D eigenvalue weighted by atomic mass is 16.6. The number of nitrogens with zero attached hydrogens (tertiary/aromatic N) is 1. The average molecular weight is 404 g/mol. The lowest BCUT2D eigenvalue weighted by Crippen LogP contribution is -2.30. The fourth-order valence-corrected chi connectivity index (χ4v) is 2.47. The number of hydrogen-bond acceptors (Lipinski definition) is 8. The van der Waals surface area contributed by atoms with Crippen LogP contribution < -0.4 is 19.5 Å². The molecule has 0 saturated heterocycles. The molecule has 1 atom stereocenters. The van der Waals surface area contributed by atoms with E-state index in [2.05, 4.69) is 5.32 Å². The molecule has 0 radical (unpaired) electrons. The lowest BCUT2D eigenvalue weighted by molar-refractivity contribution is -0.384. The van der Waals surface area contributed by atoms with E-state index in [4.69, 9.17) is 18.9 Å². The van der Waals surface area contributed by atoms with E-state index in [1.165, 1.54) is 40.4 Å². The van der Waals surface area contributed by atoms with Crippen LogP contribution >= 0.6 is 0 Å². The van der Waals surface area contributed by atoms with Gasteiger partial charge < -0.3 is 24.3 Å². The molecule has 0 bridgehead atoms. The molecule has 29 heavy (non-hydrogen) atoms. The van der Waals surface area contributed by atoms with Gasteiger partial charge in [0.05, 0.1) is 31.9 Å². The standard InChI is InChI=1S/C19H20N2O8/c1-11(29-19(23)17-15(27-3)6-5-7-16(17)28-4)18(22)20-13-10-12(21(24)25)8-9-14(13)26-2/h5-11H,1-4H3,(H,20,22). The van der Waals surface area contributed by atoms with Gasteiger partial charge in [0.25, 0.3) is 11.6 Å². The van der Waals surface area contributed by atoms with E-state index in [1.807, 2.05) is 0 Å². The molecule has 0 spiro atoms. The van der Waals surface area contributed by atoms with Crippen molar-refractivity contribution in [1.29, 1.82) is 0 Å². The topological polar surface area (TPSA) is 126 Å². The molecule has 0 heterocycles. The molecule has 154 valence electrons. The second-order valence-corrected chi connectivity index (χ2v) is 5.72. The van der Waals surface area contributed by atoms with Gasteiger partial charge in [-0.1, -0.05) is 6.07 Å². The Kier molecular flexibility index (Phi) is 6.96. The van der Waals surface area contributed by atoms with Crippen LogP contribution in [-0.4, -0.2) is 44.2 Å². The van der Waals surface area contributed by atoms with Gasteiger partial charge in [0, 0.05) is 12.1 Å². The molecular weight excluding hydrogens is 384 g/mol. The van der Waals surface area contributed by atoms with Gasteiger partial charge in [-0.2, -0.15) is 0 Å². The van der Waals surface area contributed by atoms with E-state index in [9.17, 15) is 19.7 Å². The number of rotatable bonds is 8. The second kappa shape index (κ2) is 9.40. The third-order valence-corrected chi connectivity index (χ3v) is 3.94. The number of non-ortho nitro benzene ring substituents is 1. The number of hydrogen-bond donors (Lipinski definition) is 1. The number of esters is 1. The molecule has 1 N–H and O–H groups in total. The van der Waals surface area contributed by atoms with Crippen molar-refractivity contribution in [1.82, 2.24) is 0 Å². The van der Waals surface area contributed by atoms with Crippen LogP contribution in [0, 0.1) is 10.1 Å². The predicted octanol–water partition coefficient (Wildman–Crippen LogP) is 2.80. The summed E-state index contributed by atoms with van der Waals surface area (Å²) in [6, 6.07) is 8.49. The van der Waals surface area contributed by atoms with Crippen molar-refractivity contribution in [3.8, 4) is 17.2 Å². The summed E-state index contributed by atoms with van der Waals surface area (Å²) < 4.78 is 20.6. The van der Waals surface area contributed by atoms with Crippen LogP contribution in [0.4, 0.5) is 11.4 Å². The zero-order chi connectivity index (χ0) is 21.6. The largest absolute Gasteiger partial charge is 0.496 e. The van der Waals surface area contributed by atoms with Gasteiger partial charge in [-0.05, 0) is 25.1 Å². The molecule has 0 saturated carbocycles. The monoisotopic (exact) mass is 404 g/mol. The lowest BCUT2D eigenvalue weighted by atomic mass is 10.1. The van der Waals surface area contributed by atoms with Gasteiger partial charge >= 0.3 is 5.97 Å². The summed E-state index contributed by atoms with van der Waals surface area (Å²) in [6.07, 6.45) is -1.22. The first kappa shape index (κ1) is 21.5. The summed E-state index contributed by atoms with van der Waals surface area (Å²) in [4.78, 5) is 35.4. The Labute approximate surface area is 166 Å². The van der Waals surface area contributed by atoms with E-state index in [0.29, 0.717) is 0 Å². The van der Waals surface area contributed by atoms with Gasteiger partial charge in [-0.15, -0.1) is 0 Å². The molecule has 10 heteroatoms. The maximum Gasteiger partial charge on any atom is 0.346 e. The van der Waals surface area contributed by atoms with Crippen LogP contribution in [0.1, 0.15) is 17.3 Å². The molecule has 0 aliphatic carbocycles. The Morgan fingerprint density at radius 3 is 2.10 bits per heavy atom. The van der Waals surface area contributed by atoms with Gasteiger partial charge in [-0.3, -0.25) is 14.9 Å². The third-order valence-electron chi connectivity index (χ3n) is 3.94. The summed E-state index contributed by atoms with van der Waals surface area (Å²) in [5.74, 6) is -0.863. The van der Waals surface area contributed by atoms with Crippen molar-refractivity contribution >= 4 is 23.3 Å². The molecule has 0 fully saturated rings. The number of anilines is 1. The van der Waals surface area contributed by atoms with Crippen LogP contribution in [0.5, 0.6) is 17.2 Å². The van der Waals surface area contributed by atoms with E-state index < -0.39 is 22.9 Å². The highest BCUT2D eigenvalue weighted by Crippen LogP contribution is 2.30. The van der Waals surface area contributed by atoms with Crippen molar-refractivity contribution in [2.75, 3.05) is 26.6 Å². The minimum absolute atomic E-state index is 0.0325. The minimum Gasteiger partial charge on any atom is -0.496 e. The number of nitrogens with one attached hydrogen (secondary N) is 1. The predicted molar refractivity (Wildman–Crippen MR) is 103 cm³/mol. The second-order valence-electron chi connectivity index (χ2n) is 5.72. The van der Waals surface area contributed by atoms with Crippen molar-refractivity contribution in [2.24, 2.45) is 0 Å². The smallest absolute Gasteiger partial charge is 0.346 e. The number of amides is 1. The lowest BCUT2D eigenvalue weighted by Gasteiger charge is -2.17. The summed E-state index contributed by atoms with van der Waals surface area (Å²) in [5.41, 5.74) is -0.126. The zero-order valence-corrected chi connectivity index (χ0v) is 16.3. The van der Waals surface area contributed by atoms with Crippen LogP contribution in [0.3, 0.4) is 0 Å². The van der Waals surface area contributed by atoms with Crippen LogP contribution in [0.2, 0.25) is 0 Å².